The highest BCUT2D eigenvalue weighted by Gasteiger charge is 2.23. The number of aryl methyl sites for hydroxylation is 1. The fourth-order valence-electron chi connectivity index (χ4n) is 1.88. The molecule has 1 fully saturated rings. The number of carbonyl (C=O) groups excluding carboxylic acids is 1. The van der Waals surface area contributed by atoms with Crippen molar-refractivity contribution in [1.29, 1.82) is 0 Å². The van der Waals surface area contributed by atoms with Crippen molar-refractivity contribution in [2.75, 3.05) is 6.54 Å². The molecule has 1 aromatic rings. The summed E-state index contributed by atoms with van der Waals surface area (Å²) in [5.41, 5.74) is 1.90. The van der Waals surface area contributed by atoms with Crippen molar-refractivity contribution in [1.82, 2.24) is 5.32 Å². The Hall–Kier alpha value is -1.40. The number of primary sulfonamides is 1. The predicted molar refractivity (Wildman–Crippen MR) is 72.3 cm³/mol. The number of benzene rings is 1. The highest BCUT2D eigenvalue weighted by atomic mass is 32.2. The molecule has 1 aromatic carbocycles. The van der Waals surface area contributed by atoms with Crippen LogP contribution in [0.15, 0.2) is 17.0 Å². The molecule has 6 heteroatoms. The molecule has 19 heavy (non-hydrogen) atoms. The maximum Gasteiger partial charge on any atom is 0.251 e. The Bertz CT molecular complexity index is 619. The second kappa shape index (κ2) is 4.94. The Labute approximate surface area is 113 Å². The van der Waals surface area contributed by atoms with Crippen molar-refractivity contribution < 1.29 is 13.2 Å². The largest absolute Gasteiger partial charge is 0.352 e. The minimum absolute atomic E-state index is 0.0211. The van der Waals surface area contributed by atoms with Crippen LogP contribution in [-0.4, -0.2) is 20.9 Å². The van der Waals surface area contributed by atoms with E-state index in [1.54, 1.807) is 13.8 Å². The van der Waals surface area contributed by atoms with Crippen LogP contribution in [0, 0.1) is 19.8 Å². The Morgan fingerprint density at radius 3 is 2.53 bits per heavy atom. The molecule has 0 unspecified atom stereocenters. The van der Waals surface area contributed by atoms with Crippen LogP contribution in [-0.2, 0) is 10.0 Å². The van der Waals surface area contributed by atoms with Crippen LogP contribution in [0.5, 0.6) is 0 Å². The van der Waals surface area contributed by atoms with Gasteiger partial charge in [0.25, 0.3) is 5.91 Å². The third kappa shape index (κ3) is 3.33. The topological polar surface area (TPSA) is 89.3 Å². The molecule has 0 spiro atoms. The summed E-state index contributed by atoms with van der Waals surface area (Å²) in [6, 6.07) is 2.84. The zero-order valence-electron chi connectivity index (χ0n) is 11.1. The van der Waals surface area contributed by atoms with Crippen LogP contribution >= 0.6 is 0 Å². The van der Waals surface area contributed by atoms with Gasteiger partial charge in [0.05, 0.1) is 4.90 Å². The van der Waals surface area contributed by atoms with E-state index in [1.807, 2.05) is 0 Å². The van der Waals surface area contributed by atoms with Gasteiger partial charge >= 0.3 is 0 Å². The van der Waals surface area contributed by atoms with Crippen molar-refractivity contribution in [3.8, 4) is 0 Å². The summed E-state index contributed by atoms with van der Waals surface area (Å²) < 4.78 is 22.8. The molecule has 1 saturated carbocycles. The molecule has 0 heterocycles. The zero-order valence-corrected chi connectivity index (χ0v) is 11.9. The molecule has 5 nitrogen and oxygen atoms in total. The van der Waals surface area contributed by atoms with E-state index in [9.17, 15) is 13.2 Å². The lowest BCUT2D eigenvalue weighted by atomic mass is 10.0. The Morgan fingerprint density at radius 2 is 2.00 bits per heavy atom. The highest BCUT2D eigenvalue weighted by Crippen LogP contribution is 2.28. The van der Waals surface area contributed by atoms with Gasteiger partial charge in [0, 0.05) is 12.1 Å². The van der Waals surface area contributed by atoms with E-state index in [1.165, 1.54) is 12.1 Å². The summed E-state index contributed by atoms with van der Waals surface area (Å²) >= 11 is 0. The Morgan fingerprint density at radius 1 is 1.37 bits per heavy atom. The van der Waals surface area contributed by atoms with Crippen LogP contribution in [0.2, 0.25) is 0 Å². The molecular formula is C13H18N2O3S. The van der Waals surface area contributed by atoms with Crippen LogP contribution < -0.4 is 10.5 Å². The SMILES string of the molecule is Cc1cc(S(N)(=O)=O)cc(C(=O)NCC2CC2)c1C. The van der Waals surface area contributed by atoms with Crippen molar-refractivity contribution in [2.24, 2.45) is 11.1 Å². The first kappa shape index (κ1) is 14.0. The molecular weight excluding hydrogens is 264 g/mol. The monoisotopic (exact) mass is 282 g/mol. The number of sulfonamides is 1. The molecule has 3 N–H and O–H groups in total. The van der Waals surface area contributed by atoms with Crippen molar-refractivity contribution >= 4 is 15.9 Å². The van der Waals surface area contributed by atoms with E-state index in [0.29, 0.717) is 18.0 Å². The van der Waals surface area contributed by atoms with Gasteiger partial charge in [-0.05, 0) is 55.9 Å². The Kier molecular flexibility index (Phi) is 3.64. The van der Waals surface area contributed by atoms with E-state index in [-0.39, 0.29) is 10.8 Å². The van der Waals surface area contributed by atoms with Gasteiger partial charge in [0.2, 0.25) is 10.0 Å². The predicted octanol–water partition coefficient (Wildman–Crippen LogP) is 1.09. The van der Waals surface area contributed by atoms with Crippen LogP contribution in [0.3, 0.4) is 0 Å². The third-order valence-corrected chi connectivity index (χ3v) is 4.36. The van der Waals surface area contributed by atoms with Gasteiger partial charge in [-0.15, -0.1) is 0 Å². The molecule has 0 saturated heterocycles. The summed E-state index contributed by atoms with van der Waals surface area (Å²) in [5.74, 6) is 0.338. The maximum absolute atomic E-state index is 12.1. The van der Waals surface area contributed by atoms with Gasteiger partial charge in [0.1, 0.15) is 0 Å². The standard InChI is InChI=1S/C13H18N2O3S/c1-8-5-11(19(14,17)18)6-12(9(8)2)13(16)15-7-10-3-4-10/h5-6,10H,3-4,7H2,1-2H3,(H,15,16)(H2,14,17,18). The minimum Gasteiger partial charge on any atom is -0.352 e. The number of hydrogen-bond acceptors (Lipinski definition) is 3. The summed E-state index contributed by atoms with van der Waals surface area (Å²) in [6.45, 7) is 4.22. The quantitative estimate of drug-likeness (QED) is 0.866. The first-order valence-electron chi connectivity index (χ1n) is 6.21. The molecule has 0 radical (unpaired) electrons. The number of hydrogen-bond donors (Lipinski definition) is 2. The summed E-state index contributed by atoms with van der Waals surface area (Å²) in [4.78, 5) is 12.1. The highest BCUT2D eigenvalue weighted by molar-refractivity contribution is 7.89. The third-order valence-electron chi connectivity index (χ3n) is 3.46. The normalized spacial score (nSPS) is 15.3. The number of nitrogens with one attached hydrogen (secondary N) is 1. The average Bonchev–Trinajstić information content (AvgIpc) is 3.11. The van der Waals surface area contributed by atoms with Gasteiger partial charge in [-0.25, -0.2) is 13.6 Å². The van der Waals surface area contributed by atoms with Crippen molar-refractivity contribution in [3.63, 3.8) is 0 Å². The molecule has 0 aromatic heterocycles. The fourth-order valence-corrected chi connectivity index (χ4v) is 2.50. The lowest BCUT2D eigenvalue weighted by Gasteiger charge is -2.11. The van der Waals surface area contributed by atoms with E-state index < -0.39 is 10.0 Å². The fraction of sp³-hybridized carbons (Fsp3) is 0.462. The molecule has 0 aliphatic heterocycles. The van der Waals surface area contributed by atoms with Gasteiger partial charge in [-0.3, -0.25) is 4.79 Å². The summed E-state index contributed by atoms with van der Waals surface area (Å²) in [7, 11) is -3.80. The zero-order chi connectivity index (χ0) is 14.2. The van der Waals surface area contributed by atoms with Gasteiger partial charge < -0.3 is 5.32 Å². The second-order valence-electron chi connectivity index (χ2n) is 5.11. The number of amides is 1. The van der Waals surface area contributed by atoms with Gasteiger partial charge in [0.15, 0.2) is 0 Å². The molecule has 0 atom stereocenters. The summed E-state index contributed by atoms with van der Waals surface area (Å²) in [5, 5.41) is 7.95. The lowest BCUT2D eigenvalue weighted by molar-refractivity contribution is 0.0951. The van der Waals surface area contributed by atoms with Crippen LogP contribution in [0.4, 0.5) is 0 Å². The summed E-state index contributed by atoms with van der Waals surface area (Å²) in [6.07, 6.45) is 2.30. The lowest BCUT2D eigenvalue weighted by Crippen LogP contribution is -2.27. The number of nitrogens with two attached hydrogens (primary N) is 1. The molecule has 1 amide bonds. The van der Waals surface area contributed by atoms with E-state index >= 15 is 0 Å². The average molecular weight is 282 g/mol. The maximum atomic E-state index is 12.1. The number of rotatable bonds is 4. The first-order chi connectivity index (χ1) is 8.79. The van der Waals surface area contributed by atoms with Crippen LogP contribution in [0.1, 0.15) is 34.3 Å². The van der Waals surface area contributed by atoms with Crippen molar-refractivity contribution in [3.05, 3.63) is 28.8 Å². The first-order valence-corrected chi connectivity index (χ1v) is 7.76. The van der Waals surface area contributed by atoms with Crippen LogP contribution in [0.25, 0.3) is 0 Å². The second-order valence-corrected chi connectivity index (χ2v) is 6.67. The van der Waals surface area contributed by atoms with Gasteiger partial charge in [-0.1, -0.05) is 0 Å². The molecule has 1 aliphatic carbocycles. The Balaban J connectivity index is 2.31. The minimum atomic E-state index is -3.80. The van der Waals surface area contributed by atoms with E-state index in [4.69, 9.17) is 5.14 Å². The molecule has 2 rings (SSSR count). The van der Waals surface area contributed by atoms with Crippen molar-refractivity contribution in [2.45, 2.75) is 31.6 Å². The molecule has 1 aliphatic rings. The van der Waals surface area contributed by atoms with E-state index in [0.717, 1.165) is 24.0 Å². The smallest absolute Gasteiger partial charge is 0.251 e. The van der Waals surface area contributed by atoms with E-state index in [2.05, 4.69) is 5.32 Å². The van der Waals surface area contributed by atoms with Gasteiger partial charge in [-0.2, -0.15) is 0 Å². The number of carbonyl (C=O) groups is 1. The molecule has 0 bridgehead atoms. The molecule has 104 valence electrons.